The van der Waals surface area contributed by atoms with Gasteiger partial charge in [0.25, 0.3) is 0 Å². The van der Waals surface area contributed by atoms with Crippen LogP contribution in [0.2, 0.25) is 5.02 Å². The lowest BCUT2D eigenvalue weighted by molar-refractivity contribution is -0.123. The van der Waals surface area contributed by atoms with Gasteiger partial charge in [-0.1, -0.05) is 29.8 Å². The largest absolute Gasteiger partial charge is 0.351 e. The topological polar surface area (TPSA) is 46.9 Å². The van der Waals surface area contributed by atoms with Crippen LogP contribution in [0.25, 0.3) is 5.69 Å². The highest BCUT2D eigenvalue weighted by Gasteiger charge is 2.51. The second kappa shape index (κ2) is 6.57. The number of hydrogen-bond donors (Lipinski definition) is 1. The Kier molecular flexibility index (Phi) is 4.24. The molecular formula is C20H17ClFN3O. The predicted octanol–water partition coefficient (Wildman–Crippen LogP) is 4.01. The van der Waals surface area contributed by atoms with Gasteiger partial charge in [-0.3, -0.25) is 4.79 Å². The number of carbonyl (C=O) groups is 1. The van der Waals surface area contributed by atoms with Gasteiger partial charge in [-0.15, -0.1) is 0 Å². The summed E-state index contributed by atoms with van der Waals surface area (Å²) in [5, 5.41) is 3.59. The Morgan fingerprint density at radius 2 is 2.00 bits per heavy atom. The molecule has 1 heterocycles. The molecule has 0 aliphatic heterocycles. The minimum Gasteiger partial charge on any atom is -0.351 e. The van der Waals surface area contributed by atoms with Gasteiger partial charge < -0.3 is 9.88 Å². The fraction of sp³-hybridized carbons (Fsp3) is 0.200. The summed E-state index contributed by atoms with van der Waals surface area (Å²) in [6.45, 7) is 0.287. The maximum Gasteiger partial charge on any atom is 0.230 e. The second-order valence-electron chi connectivity index (χ2n) is 6.53. The molecule has 1 saturated carbocycles. The van der Waals surface area contributed by atoms with Crippen LogP contribution >= 0.6 is 11.6 Å². The average Bonchev–Trinajstić information content (AvgIpc) is 3.28. The summed E-state index contributed by atoms with van der Waals surface area (Å²) in [6.07, 6.45) is 6.45. The molecule has 0 radical (unpaired) electrons. The summed E-state index contributed by atoms with van der Waals surface area (Å²) < 4.78 is 15.9. The fourth-order valence-corrected chi connectivity index (χ4v) is 3.29. The van der Waals surface area contributed by atoms with E-state index in [4.69, 9.17) is 11.6 Å². The lowest BCUT2D eigenvalue weighted by Crippen LogP contribution is -2.34. The Labute approximate surface area is 155 Å². The van der Waals surface area contributed by atoms with Gasteiger partial charge >= 0.3 is 0 Å². The molecule has 1 aliphatic rings. The second-order valence-corrected chi connectivity index (χ2v) is 6.96. The molecule has 0 unspecified atom stereocenters. The van der Waals surface area contributed by atoms with Gasteiger partial charge in [-0.2, -0.15) is 0 Å². The molecule has 3 aromatic rings. The molecule has 1 amide bonds. The van der Waals surface area contributed by atoms with E-state index in [0.29, 0.717) is 16.3 Å². The Bertz CT molecular complexity index is 934. The molecule has 4 rings (SSSR count). The Morgan fingerprint density at radius 3 is 2.62 bits per heavy atom. The summed E-state index contributed by atoms with van der Waals surface area (Å²) in [7, 11) is 0. The van der Waals surface area contributed by atoms with E-state index in [1.54, 1.807) is 47.6 Å². The third kappa shape index (κ3) is 3.10. The molecule has 1 N–H and O–H groups in total. The van der Waals surface area contributed by atoms with Crippen LogP contribution in [0.5, 0.6) is 0 Å². The van der Waals surface area contributed by atoms with Crippen molar-refractivity contribution in [2.24, 2.45) is 0 Å². The van der Waals surface area contributed by atoms with Crippen molar-refractivity contribution < 1.29 is 9.18 Å². The van der Waals surface area contributed by atoms with E-state index in [1.165, 1.54) is 6.07 Å². The van der Waals surface area contributed by atoms with Gasteiger partial charge in [-0.05, 0) is 48.2 Å². The van der Waals surface area contributed by atoms with Crippen LogP contribution in [0.4, 0.5) is 4.39 Å². The van der Waals surface area contributed by atoms with E-state index >= 15 is 0 Å². The molecule has 0 spiro atoms. The van der Waals surface area contributed by atoms with Crippen molar-refractivity contribution in [1.29, 1.82) is 0 Å². The molecule has 0 bridgehead atoms. The van der Waals surface area contributed by atoms with Gasteiger partial charge in [0, 0.05) is 24.0 Å². The predicted molar refractivity (Wildman–Crippen MR) is 97.7 cm³/mol. The maximum atomic E-state index is 14.3. The van der Waals surface area contributed by atoms with Crippen LogP contribution in [-0.2, 0) is 16.8 Å². The number of amides is 1. The number of halogens is 2. The van der Waals surface area contributed by atoms with Crippen molar-refractivity contribution in [1.82, 2.24) is 14.9 Å². The number of hydrogen-bond acceptors (Lipinski definition) is 2. The number of carbonyl (C=O) groups excluding carboxylic acids is 1. The number of aromatic nitrogens is 2. The molecule has 2 aromatic carbocycles. The molecule has 6 heteroatoms. The lowest BCUT2D eigenvalue weighted by Gasteiger charge is -2.16. The van der Waals surface area contributed by atoms with Crippen molar-refractivity contribution in [2.45, 2.75) is 24.8 Å². The van der Waals surface area contributed by atoms with Crippen molar-refractivity contribution in [3.63, 3.8) is 0 Å². The molecule has 26 heavy (non-hydrogen) atoms. The zero-order valence-electron chi connectivity index (χ0n) is 14.0. The average molecular weight is 370 g/mol. The molecular weight excluding hydrogens is 353 g/mol. The fourth-order valence-electron chi connectivity index (χ4n) is 3.16. The maximum absolute atomic E-state index is 14.3. The van der Waals surface area contributed by atoms with Gasteiger partial charge in [0.1, 0.15) is 5.82 Å². The van der Waals surface area contributed by atoms with Crippen molar-refractivity contribution in [3.05, 3.63) is 83.2 Å². The van der Waals surface area contributed by atoms with E-state index < -0.39 is 5.41 Å². The zero-order valence-corrected chi connectivity index (χ0v) is 14.7. The minimum absolute atomic E-state index is 0.0288. The normalized spacial score (nSPS) is 14.8. The van der Waals surface area contributed by atoms with E-state index in [-0.39, 0.29) is 18.3 Å². The van der Waals surface area contributed by atoms with Crippen molar-refractivity contribution in [3.8, 4) is 5.69 Å². The van der Waals surface area contributed by atoms with Crippen LogP contribution in [0.3, 0.4) is 0 Å². The van der Waals surface area contributed by atoms with Crippen LogP contribution in [-0.4, -0.2) is 15.5 Å². The summed E-state index contributed by atoms with van der Waals surface area (Å²) in [5.41, 5.74) is 1.64. The van der Waals surface area contributed by atoms with Crippen LogP contribution in [0.1, 0.15) is 24.0 Å². The Balaban J connectivity index is 1.45. The van der Waals surface area contributed by atoms with E-state index in [1.807, 2.05) is 12.1 Å². The quantitative estimate of drug-likeness (QED) is 0.738. The molecule has 4 nitrogen and oxygen atoms in total. The van der Waals surface area contributed by atoms with E-state index in [0.717, 1.165) is 18.4 Å². The highest BCUT2D eigenvalue weighted by Crippen LogP contribution is 2.48. The number of nitrogens with one attached hydrogen (secondary N) is 1. The first kappa shape index (κ1) is 16.8. The van der Waals surface area contributed by atoms with Crippen LogP contribution < -0.4 is 5.32 Å². The number of rotatable bonds is 5. The first-order valence-corrected chi connectivity index (χ1v) is 8.77. The third-order valence-electron chi connectivity index (χ3n) is 4.83. The highest BCUT2D eigenvalue weighted by molar-refractivity contribution is 6.30. The summed E-state index contributed by atoms with van der Waals surface area (Å²) in [5.74, 6) is -0.382. The smallest absolute Gasteiger partial charge is 0.230 e. The molecule has 1 aliphatic carbocycles. The van der Waals surface area contributed by atoms with Crippen LogP contribution in [0.15, 0.2) is 61.2 Å². The number of nitrogens with zero attached hydrogens (tertiary/aromatic N) is 2. The highest BCUT2D eigenvalue weighted by atomic mass is 35.5. The monoisotopic (exact) mass is 369 g/mol. The Morgan fingerprint density at radius 1 is 1.23 bits per heavy atom. The number of imidazole rings is 1. The standard InChI is InChI=1S/C20H17ClFN3O/c21-16-4-2-15(3-5-16)20(7-8-20)19(26)24-12-14-1-6-18(17(22)11-14)25-10-9-23-13-25/h1-6,9-11,13H,7-8,12H2,(H,24,26). The van der Waals surface area contributed by atoms with Gasteiger partial charge in [0.2, 0.25) is 5.91 Å². The van der Waals surface area contributed by atoms with E-state index in [9.17, 15) is 9.18 Å². The molecule has 0 atom stereocenters. The molecule has 132 valence electrons. The summed E-state index contributed by atoms with van der Waals surface area (Å²) in [6, 6.07) is 12.3. The van der Waals surface area contributed by atoms with Gasteiger partial charge in [-0.25, -0.2) is 9.37 Å². The summed E-state index contributed by atoms with van der Waals surface area (Å²) in [4.78, 5) is 16.6. The molecule has 0 saturated heterocycles. The third-order valence-corrected chi connectivity index (χ3v) is 5.08. The SMILES string of the molecule is O=C(NCc1ccc(-n2ccnc2)c(F)c1)C1(c2ccc(Cl)cc2)CC1. The summed E-state index contributed by atoms with van der Waals surface area (Å²) >= 11 is 5.93. The minimum atomic E-state index is -0.472. The van der Waals surface area contributed by atoms with Gasteiger partial charge in [0.15, 0.2) is 0 Å². The zero-order chi connectivity index (χ0) is 18.1. The molecule has 1 fully saturated rings. The van der Waals surface area contributed by atoms with E-state index in [2.05, 4.69) is 10.3 Å². The first-order chi connectivity index (χ1) is 12.6. The Hall–Kier alpha value is -2.66. The first-order valence-electron chi connectivity index (χ1n) is 8.40. The van der Waals surface area contributed by atoms with Crippen molar-refractivity contribution in [2.75, 3.05) is 0 Å². The lowest BCUT2D eigenvalue weighted by atomic mass is 9.95. The van der Waals surface area contributed by atoms with Crippen molar-refractivity contribution >= 4 is 17.5 Å². The van der Waals surface area contributed by atoms with Crippen LogP contribution in [0, 0.1) is 5.82 Å². The molecule has 1 aromatic heterocycles. The number of benzene rings is 2. The van der Waals surface area contributed by atoms with Gasteiger partial charge in [0.05, 0.1) is 17.4 Å².